The maximum Gasteiger partial charge on any atom is 0.0406 e. The molecule has 0 amide bonds. The zero-order chi connectivity index (χ0) is 19.2. The van der Waals surface area contributed by atoms with E-state index in [9.17, 15) is 0 Å². The van der Waals surface area contributed by atoms with E-state index in [1.165, 1.54) is 33.4 Å². The fourth-order valence-electron chi connectivity index (χ4n) is 3.51. The lowest BCUT2D eigenvalue weighted by molar-refractivity contribution is 1.28. The average Bonchev–Trinajstić information content (AvgIpc) is 2.77. The summed E-state index contributed by atoms with van der Waals surface area (Å²) in [6.07, 6.45) is 0.859. The van der Waals surface area contributed by atoms with Gasteiger partial charge in [0.2, 0.25) is 0 Å². The zero-order valence-electron chi connectivity index (χ0n) is 15.6. The largest absolute Gasteiger partial charge is 0.0843 e. The SMILES string of the molecule is Clc1ccc(/C(=C(\Cc2ccccc2)c2ccccc2)c2ccccc2)cc1. The maximum atomic E-state index is 6.17. The maximum absolute atomic E-state index is 6.17. The fraction of sp³-hybridized carbons (Fsp3) is 0.0370. The summed E-state index contributed by atoms with van der Waals surface area (Å²) in [7, 11) is 0. The van der Waals surface area contributed by atoms with Crippen molar-refractivity contribution in [2.24, 2.45) is 0 Å². The number of hydrogen-bond donors (Lipinski definition) is 0. The molecule has 1 heteroatoms. The molecule has 0 heterocycles. The second-order valence-electron chi connectivity index (χ2n) is 6.75. The highest BCUT2D eigenvalue weighted by Gasteiger charge is 2.14. The molecular formula is C27H21Cl. The fourth-order valence-corrected chi connectivity index (χ4v) is 3.64. The Morgan fingerprint density at radius 3 is 1.54 bits per heavy atom. The Labute approximate surface area is 171 Å². The molecule has 0 bridgehead atoms. The van der Waals surface area contributed by atoms with Gasteiger partial charge in [0.05, 0.1) is 0 Å². The smallest absolute Gasteiger partial charge is 0.0406 e. The van der Waals surface area contributed by atoms with Crippen LogP contribution in [0.1, 0.15) is 22.3 Å². The van der Waals surface area contributed by atoms with Crippen molar-refractivity contribution in [3.05, 3.63) is 143 Å². The second-order valence-corrected chi connectivity index (χ2v) is 7.19. The minimum atomic E-state index is 0.750. The van der Waals surface area contributed by atoms with Crippen LogP contribution in [0.15, 0.2) is 115 Å². The number of halogens is 1. The molecule has 4 rings (SSSR count). The highest BCUT2D eigenvalue weighted by molar-refractivity contribution is 6.30. The van der Waals surface area contributed by atoms with Crippen molar-refractivity contribution in [2.75, 3.05) is 0 Å². The molecule has 0 saturated heterocycles. The average molecular weight is 381 g/mol. The van der Waals surface area contributed by atoms with Gasteiger partial charge >= 0.3 is 0 Å². The highest BCUT2D eigenvalue weighted by Crippen LogP contribution is 2.35. The molecule has 0 aliphatic rings. The van der Waals surface area contributed by atoms with E-state index in [0.717, 1.165) is 11.4 Å². The summed E-state index contributed by atoms with van der Waals surface area (Å²) in [6, 6.07) is 40.0. The van der Waals surface area contributed by atoms with Crippen molar-refractivity contribution in [3.8, 4) is 0 Å². The monoisotopic (exact) mass is 380 g/mol. The van der Waals surface area contributed by atoms with E-state index in [2.05, 4.69) is 103 Å². The van der Waals surface area contributed by atoms with Gasteiger partial charge in [0, 0.05) is 5.02 Å². The number of hydrogen-bond acceptors (Lipinski definition) is 0. The van der Waals surface area contributed by atoms with E-state index in [1.54, 1.807) is 0 Å². The summed E-state index contributed by atoms with van der Waals surface area (Å²) in [5.41, 5.74) is 7.46. The summed E-state index contributed by atoms with van der Waals surface area (Å²) in [4.78, 5) is 0. The third kappa shape index (κ3) is 4.24. The first kappa shape index (κ1) is 18.3. The number of allylic oxidation sites excluding steroid dienone is 1. The molecule has 0 saturated carbocycles. The molecule has 28 heavy (non-hydrogen) atoms. The van der Waals surface area contributed by atoms with E-state index in [0.29, 0.717) is 0 Å². The van der Waals surface area contributed by atoms with E-state index >= 15 is 0 Å². The van der Waals surface area contributed by atoms with Crippen LogP contribution in [0.25, 0.3) is 11.1 Å². The lowest BCUT2D eigenvalue weighted by atomic mass is 9.86. The summed E-state index contributed by atoms with van der Waals surface area (Å²) < 4.78 is 0. The van der Waals surface area contributed by atoms with Crippen molar-refractivity contribution in [1.82, 2.24) is 0 Å². The predicted molar refractivity (Wildman–Crippen MR) is 120 cm³/mol. The number of benzene rings is 4. The topological polar surface area (TPSA) is 0 Å². The summed E-state index contributed by atoms with van der Waals surface area (Å²) in [5, 5.41) is 0.750. The summed E-state index contributed by atoms with van der Waals surface area (Å²) >= 11 is 6.17. The Kier molecular flexibility index (Phi) is 5.70. The van der Waals surface area contributed by atoms with E-state index in [1.807, 2.05) is 12.1 Å². The van der Waals surface area contributed by atoms with Gasteiger partial charge in [-0.3, -0.25) is 0 Å². The van der Waals surface area contributed by atoms with Crippen LogP contribution in [0.5, 0.6) is 0 Å². The van der Waals surface area contributed by atoms with Crippen LogP contribution in [0.4, 0.5) is 0 Å². The molecule has 0 atom stereocenters. The Hall–Kier alpha value is -3.09. The van der Waals surface area contributed by atoms with Crippen molar-refractivity contribution in [2.45, 2.75) is 6.42 Å². The standard InChI is InChI=1S/C27H21Cl/c28-25-18-16-24(17-19-25)27(23-14-8-3-9-15-23)26(22-12-6-2-7-13-22)20-21-10-4-1-5-11-21/h1-19H,20H2/b27-26+. The minimum absolute atomic E-state index is 0.750. The first-order valence-corrected chi connectivity index (χ1v) is 9.83. The molecule has 0 N–H and O–H groups in total. The van der Waals surface area contributed by atoms with Crippen LogP contribution in [-0.2, 0) is 6.42 Å². The van der Waals surface area contributed by atoms with E-state index in [-0.39, 0.29) is 0 Å². The first-order chi connectivity index (χ1) is 13.8. The third-order valence-electron chi connectivity index (χ3n) is 4.84. The van der Waals surface area contributed by atoms with Crippen LogP contribution in [0.2, 0.25) is 5.02 Å². The van der Waals surface area contributed by atoms with Crippen molar-refractivity contribution in [3.63, 3.8) is 0 Å². The molecule has 0 radical (unpaired) electrons. The highest BCUT2D eigenvalue weighted by atomic mass is 35.5. The predicted octanol–water partition coefficient (Wildman–Crippen LogP) is 7.54. The molecule has 0 fully saturated rings. The van der Waals surface area contributed by atoms with Crippen LogP contribution in [0, 0.1) is 0 Å². The van der Waals surface area contributed by atoms with Crippen LogP contribution in [0.3, 0.4) is 0 Å². The van der Waals surface area contributed by atoms with Crippen molar-refractivity contribution < 1.29 is 0 Å². The third-order valence-corrected chi connectivity index (χ3v) is 5.10. The van der Waals surface area contributed by atoms with Crippen LogP contribution in [-0.4, -0.2) is 0 Å². The molecular weight excluding hydrogens is 360 g/mol. The Bertz CT molecular complexity index is 1050. The minimum Gasteiger partial charge on any atom is -0.0843 e. The van der Waals surface area contributed by atoms with Gasteiger partial charge in [0.1, 0.15) is 0 Å². The Morgan fingerprint density at radius 1 is 0.500 bits per heavy atom. The molecule has 0 nitrogen and oxygen atoms in total. The van der Waals surface area contributed by atoms with Crippen LogP contribution >= 0.6 is 11.6 Å². The van der Waals surface area contributed by atoms with E-state index < -0.39 is 0 Å². The first-order valence-electron chi connectivity index (χ1n) is 9.45. The Balaban J connectivity index is 1.97. The van der Waals surface area contributed by atoms with Gasteiger partial charge in [-0.15, -0.1) is 0 Å². The van der Waals surface area contributed by atoms with Gasteiger partial charge in [-0.05, 0) is 52.0 Å². The molecule has 0 unspecified atom stereocenters. The molecule has 0 aromatic heterocycles. The van der Waals surface area contributed by atoms with Crippen LogP contribution < -0.4 is 0 Å². The van der Waals surface area contributed by atoms with Gasteiger partial charge in [-0.1, -0.05) is 115 Å². The number of rotatable bonds is 5. The van der Waals surface area contributed by atoms with E-state index in [4.69, 9.17) is 11.6 Å². The molecule has 0 spiro atoms. The van der Waals surface area contributed by atoms with Gasteiger partial charge in [0.25, 0.3) is 0 Å². The summed E-state index contributed by atoms with van der Waals surface area (Å²) in [6.45, 7) is 0. The molecule has 136 valence electrons. The van der Waals surface area contributed by atoms with Gasteiger partial charge in [-0.2, -0.15) is 0 Å². The van der Waals surface area contributed by atoms with Crippen molar-refractivity contribution >= 4 is 22.7 Å². The molecule has 0 aliphatic carbocycles. The summed E-state index contributed by atoms with van der Waals surface area (Å²) in [5.74, 6) is 0. The molecule has 4 aromatic rings. The molecule has 4 aromatic carbocycles. The van der Waals surface area contributed by atoms with Gasteiger partial charge in [-0.25, -0.2) is 0 Å². The van der Waals surface area contributed by atoms with Crippen molar-refractivity contribution in [1.29, 1.82) is 0 Å². The lowest BCUT2D eigenvalue weighted by Crippen LogP contribution is -1.99. The van der Waals surface area contributed by atoms with Gasteiger partial charge < -0.3 is 0 Å². The quantitative estimate of drug-likeness (QED) is 0.313. The van der Waals surface area contributed by atoms with Gasteiger partial charge in [0.15, 0.2) is 0 Å². The second kappa shape index (κ2) is 8.73. The molecule has 0 aliphatic heterocycles. The zero-order valence-corrected chi connectivity index (χ0v) is 16.3. The Morgan fingerprint density at radius 2 is 0.964 bits per heavy atom. The normalized spacial score (nSPS) is 11.8. The lowest BCUT2D eigenvalue weighted by Gasteiger charge is -2.18.